The Balaban J connectivity index is 1.73. The SMILES string of the molecule is COc1ccc2nc(N(/N=C/c3ccc(C)cc3)C(=O)c3ccc(C(C)(C)C)cc3)sc2c1. The molecule has 0 atom stereocenters. The fraction of sp³-hybridized carbons (Fsp3) is 0.222. The number of fused-ring (bicyclic) bond motifs is 1. The van der Waals surface area contributed by atoms with Gasteiger partial charge in [0.25, 0.3) is 5.91 Å². The fourth-order valence-corrected chi connectivity index (χ4v) is 4.26. The summed E-state index contributed by atoms with van der Waals surface area (Å²) in [4.78, 5) is 18.2. The fourth-order valence-electron chi connectivity index (χ4n) is 3.31. The van der Waals surface area contributed by atoms with Gasteiger partial charge in [-0.1, -0.05) is 74.1 Å². The minimum Gasteiger partial charge on any atom is -0.497 e. The molecule has 0 aliphatic heterocycles. The highest BCUT2D eigenvalue weighted by molar-refractivity contribution is 7.22. The molecule has 5 nitrogen and oxygen atoms in total. The molecule has 0 saturated carbocycles. The molecule has 0 bridgehead atoms. The number of thiazole rings is 1. The van der Waals surface area contributed by atoms with Crippen LogP contribution in [0.25, 0.3) is 10.2 Å². The number of ether oxygens (including phenoxy) is 1. The minimum absolute atomic E-state index is 0.0109. The lowest BCUT2D eigenvalue weighted by atomic mass is 9.87. The molecule has 1 heterocycles. The van der Waals surface area contributed by atoms with Crippen LogP contribution in [0.1, 0.15) is 47.8 Å². The second-order valence-electron chi connectivity index (χ2n) is 8.93. The molecule has 168 valence electrons. The Bertz CT molecular complexity index is 1300. The summed E-state index contributed by atoms with van der Waals surface area (Å²) in [5.41, 5.74) is 4.60. The van der Waals surface area contributed by atoms with Gasteiger partial charge in [0.15, 0.2) is 0 Å². The van der Waals surface area contributed by atoms with Crippen molar-refractivity contribution in [3.63, 3.8) is 0 Å². The third-order valence-corrected chi connectivity index (χ3v) is 6.35. The number of rotatable bonds is 5. The van der Waals surface area contributed by atoms with Crippen molar-refractivity contribution < 1.29 is 9.53 Å². The maximum atomic E-state index is 13.5. The van der Waals surface area contributed by atoms with E-state index in [0.717, 1.165) is 21.5 Å². The monoisotopic (exact) mass is 457 g/mol. The summed E-state index contributed by atoms with van der Waals surface area (Å²) in [6, 6.07) is 21.4. The van der Waals surface area contributed by atoms with E-state index in [9.17, 15) is 4.79 Å². The largest absolute Gasteiger partial charge is 0.497 e. The number of carbonyl (C=O) groups excluding carboxylic acids is 1. The number of anilines is 1. The normalized spacial score (nSPS) is 11.8. The number of aromatic nitrogens is 1. The summed E-state index contributed by atoms with van der Waals surface area (Å²) < 4.78 is 6.26. The molecule has 6 heteroatoms. The Labute approximate surface area is 198 Å². The number of amides is 1. The van der Waals surface area contributed by atoms with Crippen molar-refractivity contribution in [2.45, 2.75) is 33.1 Å². The maximum absolute atomic E-state index is 13.5. The molecule has 0 saturated heterocycles. The lowest BCUT2D eigenvalue weighted by Crippen LogP contribution is -2.25. The summed E-state index contributed by atoms with van der Waals surface area (Å²) in [6.45, 7) is 8.49. The number of methoxy groups -OCH3 is 1. The molecular formula is C27H27N3O2S. The maximum Gasteiger partial charge on any atom is 0.280 e. The average molecular weight is 458 g/mol. The zero-order chi connectivity index (χ0) is 23.6. The molecule has 0 aliphatic rings. The highest BCUT2D eigenvalue weighted by Crippen LogP contribution is 2.32. The van der Waals surface area contributed by atoms with E-state index in [2.05, 4.69) is 30.9 Å². The summed E-state index contributed by atoms with van der Waals surface area (Å²) >= 11 is 1.40. The van der Waals surface area contributed by atoms with Gasteiger partial charge in [-0.15, -0.1) is 0 Å². The molecule has 4 rings (SSSR count). The van der Waals surface area contributed by atoms with Crippen LogP contribution in [-0.2, 0) is 5.41 Å². The van der Waals surface area contributed by atoms with Crippen LogP contribution in [0.15, 0.2) is 71.8 Å². The standard InChI is InChI=1S/C27H27N3O2S/c1-18-6-8-19(9-7-18)17-28-30(25(31)20-10-12-21(13-11-20)27(2,3)4)26-29-23-15-14-22(32-5)16-24(23)33-26/h6-17H,1-5H3/b28-17+. The van der Waals surface area contributed by atoms with Gasteiger partial charge in [-0.3, -0.25) is 4.79 Å². The van der Waals surface area contributed by atoms with Gasteiger partial charge in [0.05, 0.1) is 23.5 Å². The van der Waals surface area contributed by atoms with E-state index in [1.807, 2.05) is 73.7 Å². The van der Waals surface area contributed by atoms with Gasteiger partial charge >= 0.3 is 0 Å². The summed E-state index contributed by atoms with van der Waals surface area (Å²) in [7, 11) is 1.63. The summed E-state index contributed by atoms with van der Waals surface area (Å²) in [5.74, 6) is 0.515. The van der Waals surface area contributed by atoms with Gasteiger partial charge in [-0.05, 0) is 53.8 Å². The third-order valence-electron chi connectivity index (χ3n) is 5.36. The van der Waals surface area contributed by atoms with Crippen molar-refractivity contribution in [1.29, 1.82) is 0 Å². The molecule has 3 aromatic carbocycles. The van der Waals surface area contributed by atoms with Crippen molar-refractivity contribution in [2.75, 3.05) is 12.1 Å². The van der Waals surface area contributed by atoms with Gasteiger partial charge in [0.2, 0.25) is 5.13 Å². The summed E-state index contributed by atoms with van der Waals surface area (Å²) in [5, 5.41) is 6.44. The van der Waals surface area contributed by atoms with Crippen LogP contribution in [0.4, 0.5) is 5.13 Å². The lowest BCUT2D eigenvalue weighted by Gasteiger charge is -2.19. The number of hydrazone groups is 1. The number of nitrogens with zero attached hydrogens (tertiary/aromatic N) is 3. The van der Waals surface area contributed by atoms with Crippen LogP contribution in [0.3, 0.4) is 0 Å². The summed E-state index contributed by atoms with van der Waals surface area (Å²) in [6.07, 6.45) is 1.69. The first-order valence-corrected chi connectivity index (χ1v) is 11.6. The first-order chi connectivity index (χ1) is 15.7. The van der Waals surface area contributed by atoms with Gasteiger partial charge in [0, 0.05) is 5.56 Å². The Kier molecular flexibility index (Phi) is 6.29. The van der Waals surface area contributed by atoms with Crippen LogP contribution >= 0.6 is 11.3 Å². The smallest absolute Gasteiger partial charge is 0.280 e. The molecule has 0 aliphatic carbocycles. The second-order valence-corrected chi connectivity index (χ2v) is 9.94. The zero-order valence-electron chi connectivity index (χ0n) is 19.5. The van der Waals surface area contributed by atoms with Crippen molar-refractivity contribution in [3.8, 4) is 5.75 Å². The molecular weight excluding hydrogens is 430 g/mol. The molecule has 0 fully saturated rings. The predicted molar refractivity (Wildman–Crippen MR) is 137 cm³/mol. The molecule has 0 N–H and O–H groups in total. The van der Waals surface area contributed by atoms with Crippen molar-refractivity contribution in [2.24, 2.45) is 5.10 Å². The number of benzene rings is 3. The Morgan fingerprint density at radius 2 is 1.73 bits per heavy atom. The molecule has 33 heavy (non-hydrogen) atoms. The molecule has 4 aromatic rings. The van der Waals surface area contributed by atoms with Gasteiger partial charge in [-0.25, -0.2) is 4.98 Å². The number of hydrogen-bond donors (Lipinski definition) is 0. The number of hydrogen-bond acceptors (Lipinski definition) is 5. The second kappa shape index (κ2) is 9.16. The van der Waals surface area contributed by atoms with E-state index in [1.54, 1.807) is 13.3 Å². The van der Waals surface area contributed by atoms with E-state index < -0.39 is 0 Å². The van der Waals surface area contributed by atoms with Crippen molar-refractivity contribution in [3.05, 3.63) is 89.0 Å². The van der Waals surface area contributed by atoms with E-state index >= 15 is 0 Å². The van der Waals surface area contributed by atoms with Crippen LogP contribution in [0.5, 0.6) is 5.75 Å². The van der Waals surface area contributed by atoms with E-state index in [1.165, 1.54) is 27.5 Å². The Hall–Kier alpha value is -3.51. The third kappa shape index (κ3) is 5.12. The molecule has 1 aromatic heterocycles. The van der Waals surface area contributed by atoms with Gasteiger partial charge < -0.3 is 4.74 Å². The van der Waals surface area contributed by atoms with Crippen LogP contribution in [-0.4, -0.2) is 24.2 Å². The molecule has 0 spiro atoms. The average Bonchev–Trinajstić information content (AvgIpc) is 3.22. The molecule has 0 unspecified atom stereocenters. The zero-order valence-corrected chi connectivity index (χ0v) is 20.3. The van der Waals surface area contributed by atoms with Crippen LogP contribution in [0.2, 0.25) is 0 Å². The predicted octanol–water partition coefficient (Wildman–Crippen LogP) is 6.59. The Morgan fingerprint density at radius 1 is 1.03 bits per heavy atom. The topological polar surface area (TPSA) is 54.8 Å². The highest BCUT2D eigenvalue weighted by Gasteiger charge is 2.22. The molecule has 0 radical (unpaired) electrons. The van der Waals surface area contributed by atoms with E-state index in [4.69, 9.17) is 4.74 Å². The lowest BCUT2D eigenvalue weighted by molar-refractivity contribution is 0.0988. The van der Waals surface area contributed by atoms with Gasteiger partial charge in [-0.2, -0.15) is 10.1 Å². The van der Waals surface area contributed by atoms with E-state index in [0.29, 0.717) is 10.7 Å². The number of carbonyl (C=O) groups is 1. The van der Waals surface area contributed by atoms with Crippen molar-refractivity contribution in [1.82, 2.24) is 4.98 Å². The van der Waals surface area contributed by atoms with Crippen LogP contribution in [0, 0.1) is 6.92 Å². The van der Waals surface area contributed by atoms with E-state index in [-0.39, 0.29) is 11.3 Å². The molecule has 1 amide bonds. The first-order valence-electron chi connectivity index (χ1n) is 10.7. The first kappa shape index (κ1) is 22.7. The number of aryl methyl sites for hydroxylation is 1. The quantitative estimate of drug-likeness (QED) is 0.251. The highest BCUT2D eigenvalue weighted by atomic mass is 32.1. The Morgan fingerprint density at radius 3 is 2.36 bits per heavy atom. The minimum atomic E-state index is -0.232. The van der Waals surface area contributed by atoms with Crippen LogP contribution < -0.4 is 9.75 Å². The van der Waals surface area contributed by atoms with Crippen molar-refractivity contribution >= 4 is 38.8 Å². The van der Waals surface area contributed by atoms with Gasteiger partial charge in [0.1, 0.15) is 5.75 Å².